The van der Waals surface area contributed by atoms with E-state index in [4.69, 9.17) is 14.2 Å². The number of nitrogens with zero attached hydrogens (tertiary/aromatic N) is 1. The minimum atomic E-state index is -0.267. The maximum Gasteiger partial charge on any atom is 0.318 e. The summed E-state index contributed by atoms with van der Waals surface area (Å²) in [5, 5.41) is 3.78. The van der Waals surface area contributed by atoms with Gasteiger partial charge in [-0.25, -0.2) is 4.79 Å². The second kappa shape index (κ2) is 10.4. The first-order chi connectivity index (χ1) is 17.6. The van der Waals surface area contributed by atoms with Crippen molar-refractivity contribution in [3.05, 3.63) is 99.8 Å². The molecular formula is C28H27N3O5. The van der Waals surface area contributed by atoms with Crippen LogP contribution in [0.2, 0.25) is 0 Å². The van der Waals surface area contributed by atoms with Crippen molar-refractivity contribution in [2.45, 2.75) is 19.6 Å². The van der Waals surface area contributed by atoms with Crippen LogP contribution in [0.15, 0.2) is 77.6 Å². The molecule has 0 saturated carbocycles. The number of aromatic nitrogens is 1. The summed E-state index contributed by atoms with van der Waals surface area (Å²) in [5.41, 5.74) is 2.79. The quantitative estimate of drug-likeness (QED) is 0.409. The Labute approximate surface area is 208 Å². The van der Waals surface area contributed by atoms with Gasteiger partial charge in [0.2, 0.25) is 0 Å². The summed E-state index contributed by atoms with van der Waals surface area (Å²) in [6.45, 7) is 1.79. The van der Waals surface area contributed by atoms with Crippen LogP contribution in [0, 0.1) is 0 Å². The molecule has 2 amide bonds. The number of pyridine rings is 1. The molecule has 0 atom stereocenters. The van der Waals surface area contributed by atoms with E-state index in [0.29, 0.717) is 48.9 Å². The second-order valence-electron chi connectivity index (χ2n) is 8.56. The van der Waals surface area contributed by atoms with Gasteiger partial charge in [-0.05, 0) is 35.4 Å². The zero-order chi connectivity index (χ0) is 24.9. The van der Waals surface area contributed by atoms with Crippen molar-refractivity contribution < 1.29 is 19.0 Å². The predicted molar refractivity (Wildman–Crippen MR) is 136 cm³/mol. The minimum Gasteiger partial charge on any atom is -0.497 e. The van der Waals surface area contributed by atoms with Gasteiger partial charge in [0, 0.05) is 30.1 Å². The molecule has 0 radical (unpaired) electrons. The summed E-state index contributed by atoms with van der Waals surface area (Å²) >= 11 is 0. The zero-order valence-electron chi connectivity index (χ0n) is 20.0. The molecule has 1 aliphatic rings. The number of nitrogens with one attached hydrogen (secondary N) is 2. The van der Waals surface area contributed by atoms with Gasteiger partial charge in [0.25, 0.3) is 5.56 Å². The van der Waals surface area contributed by atoms with Gasteiger partial charge in [-0.2, -0.15) is 0 Å². The van der Waals surface area contributed by atoms with E-state index < -0.39 is 0 Å². The largest absolute Gasteiger partial charge is 0.497 e. The maximum absolute atomic E-state index is 13.3. The molecule has 184 valence electrons. The highest BCUT2D eigenvalue weighted by atomic mass is 16.6. The summed E-state index contributed by atoms with van der Waals surface area (Å²) in [7, 11) is 1.61. The van der Waals surface area contributed by atoms with Crippen molar-refractivity contribution in [1.82, 2.24) is 15.2 Å². The number of ether oxygens (including phenoxy) is 3. The molecule has 8 nitrogen and oxygen atoms in total. The van der Waals surface area contributed by atoms with Crippen LogP contribution in [0.4, 0.5) is 4.79 Å². The van der Waals surface area contributed by atoms with Gasteiger partial charge in [-0.1, -0.05) is 42.5 Å². The van der Waals surface area contributed by atoms with Gasteiger partial charge in [-0.15, -0.1) is 0 Å². The van der Waals surface area contributed by atoms with Crippen molar-refractivity contribution in [3.63, 3.8) is 0 Å². The topological polar surface area (TPSA) is 92.9 Å². The second-order valence-corrected chi connectivity index (χ2v) is 8.56. The molecule has 2 N–H and O–H groups in total. The Morgan fingerprint density at radius 2 is 1.67 bits per heavy atom. The van der Waals surface area contributed by atoms with Crippen molar-refractivity contribution in [2.75, 3.05) is 20.3 Å². The fraction of sp³-hybridized carbons (Fsp3) is 0.214. The number of hydrogen-bond acceptors (Lipinski definition) is 5. The number of amides is 2. The number of urea groups is 1. The molecule has 3 aromatic carbocycles. The Balaban J connectivity index is 1.41. The first-order valence-electron chi connectivity index (χ1n) is 11.7. The van der Waals surface area contributed by atoms with Crippen molar-refractivity contribution in [3.8, 4) is 17.2 Å². The van der Waals surface area contributed by atoms with E-state index in [9.17, 15) is 9.59 Å². The number of benzene rings is 3. The molecule has 5 rings (SSSR count). The van der Waals surface area contributed by atoms with E-state index in [1.54, 1.807) is 24.1 Å². The summed E-state index contributed by atoms with van der Waals surface area (Å²) < 4.78 is 16.6. The molecule has 0 fully saturated rings. The molecule has 4 aromatic rings. The number of methoxy groups -OCH3 is 1. The third-order valence-corrected chi connectivity index (χ3v) is 6.05. The smallest absolute Gasteiger partial charge is 0.318 e. The van der Waals surface area contributed by atoms with E-state index in [1.807, 2.05) is 60.7 Å². The zero-order valence-corrected chi connectivity index (χ0v) is 20.0. The fourth-order valence-electron chi connectivity index (χ4n) is 4.15. The number of fused-ring (bicyclic) bond motifs is 2. The van der Waals surface area contributed by atoms with Crippen LogP contribution in [0.5, 0.6) is 17.2 Å². The molecule has 8 heteroatoms. The van der Waals surface area contributed by atoms with E-state index in [0.717, 1.165) is 22.3 Å². The van der Waals surface area contributed by atoms with Crippen LogP contribution in [-0.4, -0.2) is 36.2 Å². The number of hydrogen-bond donors (Lipinski definition) is 2. The van der Waals surface area contributed by atoms with Crippen LogP contribution >= 0.6 is 0 Å². The van der Waals surface area contributed by atoms with E-state index >= 15 is 0 Å². The maximum atomic E-state index is 13.3. The van der Waals surface area contributed by atoms with Gasteiger partial charge in [0.15, 0.2) is 11.5 Å². The number of carbonyl (C=O) groups is 1. The lowest BCUT2D eigenvalue weighted by atomic mass is 10.1. The Bertz CT molecular complexity index is 1420. The van der Waals surface area contributed by atoms with E-state index in [1.165, 1.54) is 0 Å². The molecule has 0 saturated heterocycles. The standard InChI is InChI=1S/C28H27N3O5/c1-34-23-9-7-20(8-10-23)17-31(28(33)29-16-19-5-3-2-4-6-19)18-22-13-21-14-25-26(36-12-11-35-25)15-24(21)30-27(22)32/h2-10,13-15H,11-12,16-18H2,1H3,(H,29,33)(H,30,32). The molecule has 0 aliphatic carbocycles. The van der Waals surface area contributed by atoms with Crippen LogP contribution in [0.1, 0.15) is 16.7 Å². The fourth-order valence-corrected chi connectivity index (χ4v) is 4.15. The highest BCUT2D eigenvalue weighted by Gasteiger charge is 2.19. The first kappa shape index (κ1) is 23.3. The molecule has 0 unspecified atom stereocenters. The Morgan fingerprint density at radius 3 is 2.39 bits per heavy atom. The third-order valence-electron chi connectivity index (χ3n) is 6.05. The van der Waals surface area contributed by atoms with Crippen LogP contribution in [0.3, 0.4) is 0 Å². The molecule has 36 heavy (non-hydrogen) atoms. The number of rotatable bonds is 7. The monoisotopic (exact) mass is 485 g/mol. The lowest BCUT2D eigenvalue weighted by Crippen LogP contribution is -2.39. The Kier molecular flexibility index (Phi) is 6.75. The molecule has 0 bridgehead atoms. The Morgan fingerprint density at radius 1 is 0.944 bits per heavy atom. The lowest BCUT2D eigenvalue weighted by molar-refractivity contribution is 0.172. The first-order valence-corrected chi connectivity index (χ1v) is 11.7. The van der Waals surface area contributed by atoms with Gasteiger partial charge >= 0.3 is 6.03 Å². The van der Waals surface area contributed by atoms with Crippen molar-refractivity contribution in [2.24, 2.45) is 0 Å². The number of H-pyrrole nitrogens is 1. The summed E-state index contributed by atoms with van der Waals surface area (Å²) in [6, 6.07) is 22.4. The average Bonchev–Trinajstić information content (AvgIpc) is 2.91. The van der Waals surface area contributed by atoms with E-state index in [2.05, 4.69) is 10.3 Å². The molecular weight excluding hydrogens is 458 g/mol. The molecule has 2 heterocycles. The lowest BCUT2D eigenvalue weighted by Gasteiger charge is -2.24. The van der Waals surface area contributed by atoms with Crippen LogP contribution in [-0.2, 0) is 19.6 Å². The van der Waals surface area contributed by atoms with Crippen LogP contribution in [0.25, 0.3) is 10.9 Å². The van der Waals surface area contributed by atoms with Crippen LogP contribution < -0.4 is 25.1 Å². The highest BCUT2D eigenvalue weighted by molar-refractivity contribution is 5.83. The van der Waals surface area contributed by atoms with Gasteiger partial charge < -0.3 is 29.4 Å². The van der Waals surface area contributed by atoms with Crippen molar-refractivity contribution >= 4 is 16.9 Å². The highest BCUT2D eigenvalue weighted by Crippen LogP contribution is 2.33. The molecule has 0 spiro atoms. The SMILES string of the molecule is COc1ccc(CN(Cc2cc3cc4c(cc3[nH]c2=O)OCCO4)C(=O)NCc2ccccc2)cc1. The normalized spacial score (nSPS) is 12.2. The predicted octanol–water partition coefficient (Wildman–Crippen LogP) is 4.22. The number of aromatic amines is 1. The summed E-state index contributed by atoms with van der Waals surface area (Å²) in [6.07, 6.45) is 0. The van der Waals surface area contributed by atoms with Gasteiger partial charge in [0.05, 0.1) is 19.2 Å². The third kappa shape index (κ3) is 5.27. The molecule has 1 aromatic heterocycles. The summed E-state index contributed by atoms with van der Waals surface area (Å²) in [5.74, 6) is 1.99. The Hall–Kier alpha value is -4.46. The van der Waals surface area contributed by atoms with Gasteiger partial charge in [-0.3, -0.25) is 4.79 Å². The van der Waals surface area contributed by atoms with Gasteiger partial charge in [0.1, 0.15) is 19.0 Å². The minimum absolute atomic E-state index is 0.131. The summed E-state index contributed by atoms with van der Waals surface area (Å²) in [4.78, 5) is 30.8. The molecule has 1 aliphatic heterocycles. The van der Waals surface area contributed by atoms with E-state index in [-0.39, 0.29) is 18.1 Å². The van der Waals surface area contributed by atoms with Crippen molar-refractivity contribution in [1.29, 1.82) is 0 Å². The number of carbonyl (C=O) groups excluding carboxylic acids is 1. The average molecular weight is 486 g/mol.